The Morgan fingerprint density at radius 3 is 2.26 bits per heavy atom. The maximum absolute atomic E-state index is 10.9. The molecule has 0 unspecified atom stereocenters. The Morgan fingerprint density at radius 2 is 1.68 bits per heavy atom. The summed E-state index contributed by atoms with van der Waals surface area (Å²) in [7, 11) is 0. The van der Waals surface area contributed by atoms with E-state index >= 15 is 0 Å². The highest BCUT2D eigenvalue weighted by Gasteiger charge is 2.48. The molecule has 0 amide bonds. The fourth-order valence-corrected chi connectivity index (χ4v) is 1.78. The monoisotopic (exact) mass is 270 g/mol. The lowest BCUT2D eigenvalue weighted by Gasteiger charge is -2.38. The third-order valence-electron chi connectivity index (χ3n) is 2.81. The molecule has 2 rings (SSSR count). The van der Waals surface area contributed by atoms with Crippen molar-refractivity contribution in [1.82, 2.24) is 0 Å². The Labute approximate surface area is 108 Å². The normalized spacial score (nSPS) is 34.8. The van der Waals surface area contributed by atoms with E-state index in [9.17, 15) is 20.1 Å². The summed E-state index contributed by atoms with van der Waals surface area (Å²) in [5.41, 5.74) is 0. The van der Waals surface area contributed by atoms with Gasteiger partial charge in [-0.2, -0.15) is 0 Å². The van der Waals surface area contributed by atoms with Crippen molar-refractivity contribution in [3.05, 3.63) is 30.3 Å². The molecule has 5 atom stereocenters. The summed E-state index contributed by atoms with van der Waals surface area (Å²) in [5, 5.41) is 37.7. The number of hydrogen-bond donors (Lipinski definition) is 4. The Balaban J connectivity index is 2.13. The molecule has 7 nitrogen and oxygen atoms in total. The van der Waals surface area contributed by atoms with E-state index < -0.39 is 36.7 Å². The van der Waals surface area contributed by atoms with Crippen molar-refractivity contribution in [3.8, 4) is 5.75 Å². The van der Waals surface area contributed by atoms with Gasteiger partial charge in [0.15, 0.2) is 6.10 Å². The van der Waals surface area contributed by atoms with Crippen LogP contribution in [0.15, 0.2) is 30.3 Å². The SMILES string of the molecule is O=C(O)[C@@H]1O[C@H](Oc2ccccc2)[C@@H](O)[C@H](O)[C@H]1O. The van der Waals surface area contributed by atoms with Crippen LogP contribution in [0.1, 0.15) is 0 Å². The molecule has 1 heterocycles. The average Bonchev–Trinajstić information content (AvgIpc) is 2.40. The molecule has 104 valence electrons. The van der Waals surface area contributed by atoms with Gasteiger partial charge in [0.25, 0.3) is 0 Å². The second-order valence-corrected chi connectivity index (χ2v) is 4.17. The van der Waals surface area contributed by atoms with Crippen LogP contribution in [-0.2, 0) is 9.53 Å². The van der Waals surface area contributed by atoms with Crippen LogP contribution in [0.2, 0.25) is 0 Å². The molecule has 1 aliphatic rings. The van der Waals surface area contributed by atoms with Crippen molar-refractivity contribution < 1.29 is 34.7 Å². The van der Waals surface area contributed by atoms with Gasteiger partial charge in [-0.3, -0.25) is 0 Å². The van der Waals surface area contributed by atoms with Crippen molar-refractivity contribution in [2.24, 2.45) is 0 Å². The molecule has 0 aliphatic carbocycles. The highest BCUT2D eigenvalue weighted by molar-refractivity contribution is 5.73. The van der Waals surface area contributed by atoms with Gasteiger partial charge in [-0.25, -0.2) is 4.79 Å². The van der Waals surface area contributed by atoms with E-state index in [1.54, 1.807) is 30.3 Å². The van der Waals surface area contributed by atoms with Crippen molar-refractivity contribution in [1.29, 1.82) is 0 Å². The lowest BCUT2D eigenvalue weighted by molar-refractivity contribution is -0.271. The summed E-state index contributed by atoms with van der Waals surface area (Å²) in [4.78, 5) is 10.9. The summed E-state index contributed by atoms with van der Waals surface area (Å²) >= 11 is 0. The summed E-state index contributed by atoms with van der Waals surface area (Å²) in [6.07, 6.45) is -7.97. The molecule has 19 heavy (non-hydrogen) atoms. The minimum absolute atomic E-state index is 0.347. The molecule has 1 aromatic rings. The van der Waals surface area contributed by atoms with Gasteiger partial charge in [-0.1, -0.05) is 18.2 Å². The molecule has 0 saturated carbocycles. The van der Waals surface area contributed by atoms with Gasteiger partial charge < -0.3 is 29.9 Å². The number of carboxylic acid groups (broad SMARTS) is 1. The van der Waals surface area contributed by atoms with Crippen molar-refractivity contribution >= 4 is 5.97 Å². The molecule has 0 radical (unpaired) electrons. The molecule has 1 fully saturated rings. The number of para-hydroxylation sites is 1. The van der Waals surface area contributed by atoms with Crippen molar-refractivity contribution in [2.75, 3.05) is 0 Å². The van der Waals surface area contributed by atoms with E-state index in [4.69, 9.17) is 14.6 Å². The van der Waals surface area contributed by atoms with Crippen molar-refractivity contribution in [2.45, 2.75) is 30.7 Å². The van der Waals surface area contributed by atoms with Crippen LogP contribution >= 0.6 is 0 Å². The van der Waals surface area contributed by atoms with Crippen LogP contribution in [0, 0.1) is 0 Å². The zero-order valence-corrected chi connectivity index (χ0v) is 9.79. The van der Waals surface area contributed by atoms with Gasteiger partial charge >= 0.3 is 5.97 Å². The Hall–Kier alpha value is -1.67. The number of hydrogen-bond acceptors (Lipinski definition) is 6. The molecule has 4 N–H and O–H groups in total. The molecule has 1 aliphatic heterocycles. The number of aliphatic hydroxyl groups is 3. The average molecular weight is 270 g/mol. The van der Waals surface area contributed by atoms with E-state index in [1.807, 2.05) is 0 Å². The Bertz CT molecular complexity index is 435. The third-order valence-corrected chi connectivity index (χ3v) is 2.81. The first kappa shape index (κ1) is 13.8. The Kier molecular flexibility index (Phi) is 4.01. The summed E-state index contributed by atoms with van der Waals surface area (Å²) in [6.45, 7) is 0. The first-order valence-corrected chi connectivity index (χ1v) is 5.65. The quantitative estimate of drug-likeness (QED) is 0.554. The number of ether oxygens (including phenoxy) is 2. The van der Waals surface area contributed by atoms with Crippen LogP contribution < -0.4 is 4.74 Å². The second-order valence-electron chi connectivity index (χ2n) is 4.17. The predicted molar refractivity (Wildman–Crippen MR) is 61.4 cm³/mol. The van der Waals surface area contributed by atoms with Gasteiger partial charge in [0.2, 0.25) is 6.29 Å². The highest BCUT2D eigenvalue weighted by Crippen LogP contribution is 2.24. The molecule has 0 aromatic heterocycles. The van der Waals surface area contributed by atoms with Crippen LogP contribution in [0.3, 0.4) is 0 Å². The fourth-order valence-electron chi connectivity index (χ4n) is 1.78. The standard InChI is InChI=1S/C12H14O7/c13-7-8(14)10(11(16)17)19-12(9(7)15)18-6-4-2-1-3-5-6/h1-5,7-10,12-15H,(H,16,17)/t7-,8-,9+,10-,12+/m1/s1. The predicted octanol–water partition coefficient (Wildman–Crippen LogP) is -1.04. The van der Waals surface area contributed by atoms with Crippen LogP contribution in [-0.4, -0.2) is 57.1 Å². The summed E-state index contributed by atoms with van der Waals surface area (Å²) in [6, 6.07) is 8.30. The third kappa shape index (κ3) is 2.85. The number of aliphatic hydroxyl groups excluding tert-OH is 3. The first-order chi connectivity index (χ1) is 9.00. The van der Waals surface area contributed by atoms with Crippen LogP contribution in [0.5, 0.6) is 5.75 Å². The van der Waals surface area contributed by atoms with Gasteiger partial charge in [0.1, 0.15) is 24.1 Å². The van der Waals surface area contributed by atoms with Crippen LogP contribution in [0.25, 0.3) is 0 Å². The molecule has 1 aromatic carbocycles. The summed E-state index contributed by atoms with van der Waals surface area (Å²) < 4.78 is 10.2. The molecular weight excluding hydrogens is 256 g/mol. The van der Waals surface area contributed by atoms with E-state index in [-0.39, 0.29) is 0 Å². The zero-order chi connectivity index (χ0) is 14.0. The second kappa shape index (κ2) is 5.54. The smallest absolute Gasteiger partial charge is 0.335 e. The van der Waals surface area contributed by atoms with Gasteiger partial charge in [-0.15, -0.1) is 0 Å². The molecule has 0 spiro atoms. The van der Waals surface area contributed by atoms with E-state index in [2.05, 4.69) is 0 Å². The fraction of sp³-hybridized carbons (Fsp3) is 0.417. The minimum Gasteiger partial charge on any atom is -0.479 e. The van der Waals surface area contributed by atoms with Crippen LogP contribution in [0.4, 0.5) is 0 Å². The first-order valence-electron chi connectivity index (χ1n) is 5.65. The van der Waals surface area contributed by atoms with Crippen molar-refractivity contribution in [3.63, 3.8) is 0 Å². The van der Waals surface area contributed by atoms with E-state index in [0.29, 0.717) is 5.75 Å². The maximum atomic E-state index is 10.9. The van der Waals surface area contributed by atoms with Gasteiger partial charge in [0, 0.05) is 0 Å². The lowest BCUT2D eigenvalue weighted by Crippen LogP contribution is -2.61. The Morgan fingerprint density at radius 1 is 1.05 bits per heavy atom. The molecule has 1 saturated heterocycles. The lowest BCUT2D eigenvalue weighted by atomic mass is 9.99. The largest absolute Gasteiger partial charge is 0.479 e. The highest BCUT2D eigenvalue weighted by atomic mass is 16.7. The number of carbonyl (C=O) groups is 1. The number of aliphatic carboxylic acids is 1. The zero-order valence-electron chi connectivity index (χ0n) is 9.79. The summed E-state index contributed by atoms with van der Waals surface area (Å²) in [5.74, 6) is -1.10. The number of benzene rings is 1. The van der Waals surface area contributed by atoms with Gasteiger partial charge in [0.05, 0.1) is 0 Å². The number of rotatable bonds is 3. The number of carboxylic acids is 1. The molecule has 7 heteroatoms. The van der Waals surface area contributed by atoms with Gasteiger partial charge in [-0.05, 0) is 12.1 Å². The topological polar surface area (TPSA) is 116 Å². The van der Waals surface area contributed by atoms with E-state index in [0.717, 1.165) is 0 Å². The minimum atomic E-state index is -1.72. The maximum Gasteiger partial charge on any atom is 0.335 e. The molecule has 0 bridgehead atoms. The molecular formula is C12H14O7. The van der Waals surface area contributed by atoms with E-state index in [1.165, 1.54) is 0 Å².